The Labute approximate surface area is 181 Å². The molecule has 164 valence electrons. The molecule has 1 atom stereocenters. The maximum Gasteiger partial charge on any atom is 0.226 e. The fourth-order valence-corrected chi connectivity index (χ4v) is 3.91. The van der Waals surface area contributed by atoms with Crippen LogP contribution < -0.4 is 9.47 Å². The summed E-state index contributed by atoms with van der Waals surface area (Å²) in [5.74, 6) is 1.21. The van der Waals surface area contributed by atoms with Crippen LogP contribution in [-0.4, -0.2) is 43.4 Å². The fourth-order valence-electron chi connectivity index (χ4n) is 3.91. The number of hydrogen-bond acceptors (Lipinski definition) is 5. The van der Waals surface area contributed by atoms with Crippen molar-refractivity contribution in [2.45, 2.75) is 38.3 Å². The molecule has 1 saturated carbocycles. The Hall–Kier alpha value is -3.09. The molecule has 4 rings (SSSR count). The van der Waals surface area contributed by atoms with Crippen LogP contribution in [0.25, 0.3) is 0 Å². The van der Waals surface area contributed by atoms with Crippen molar-refractivity contribution in [3.05, 3.63) is 59.4 Å². The summed E-state index contributed by atoms with van der Waals surface area (Å²) in [7, 11) is 3.19. The third kappa shape index (κ3) is 4.81. The molecule has 1 amide bonds. The monoisotopic (exact) mass is 426 g/mol. The maximum absolute atomic E-state index is 13.3. The van der Waals surface area contributed by atoms with Crippen molar-refractivity contribution in [3.63, 3.8) is 0 Å². The van der Waals surface area contributed by atoms with Gasteiger partial charge in [-0.2, -0.15) is 0 Å². The SMILES string of the molecule is COc1ccc(C2=NO[C@@H](CN(Cc3ccc(F)cc3)C(=O)C3CCC3)C2)cc1OC. The summed E-state index contributed by atoms with van der Waals surface area (Å²) >= 11 is 0. The first-order valence-electron chi connectivity index (χ1n) is 10.6. The van der Waals surface area contributed by atoms with E-state index in [1.807, 2.05) is 23.1 Å². The summed E-state index contributed by atoms with van der Waals surface area (Å²) < 4.78 is 23.9. The first kappa shape index (κ1) is 21.2. The summed E-state index contributed by atoms with van der Waals surface area (Å²) in [5, 5.41) is 4.26. The van der Waals surface area contributed by atoms with Gasteiger partial charge in [0.05, 0.1) is 26.5 Å². The molecule has 2 aromatic rings. The standard InChI is InChI=1S/C24H27FN2O4/c1-29-22-11-8-18(12-23(22)30-2)21-13-20(31-26-21)15-27(24(28)17-4-3-5-17)14-16-6-9-19(25)10-7-16/h6-12,17,20H,3-5,13-15H2,1-2H3/t20-/m1/s1. The molecule has 0 aromatic heterocycles. The van der Waals surface area contributed by atoms with Crippen LogP contribution in [0.1, 0.15) is 36.8 Å². The highest BCUT2D eigenvalue weighted by Crippen LogP contribution is 2.31. The van der Waals surface area contributed by atoms with Crippen molar-refractivity contribution < 1.29 is 23.5 Å². The van der Waals surface area contributed by atoms with E-state index in [1.54, 1.807) is 26.4 Å². The number of carbonyl (C=O) groups excluding carboxylic acids is 1. The van der Waals surface area contributed by atoms with E-state index in [4.69, 9.17) is 14.3 Å². The van der Waals surface area contributed by atoms with E-state index in [1.165, 1.54) is 12.1 Å². The maximum atomic E-state index is 13.3. The van der Waals surface area contributed by atoms with Gasteiger partial charge in [-0.15, -0.1) is 0 Å². The highest BCUT2D eigenvalue weighted by atomic mass is 19.1. The van der Waals surface area contributed by atoms with E-state index in [0.29, 0.717) is 31.0 Å². The number of benzene rings is 2. The second-order valence-corrected chi connectivity index (χ2v) is 8.01. The molecular weight excluding hydrogens is 399 g/mol. The fraction of sp³-hybridized carbons (Fsp3) is 0.417. The molecule has 0 N–H and O–H groups in total. The minimum atomic E-state index is -0.285. The largest absolute Gasteiger partial charge is 0.493 e. The van der Waals surface area contributed by atoms with Crippen LogP contribution in [0.5, 0.6) is 11.5 Å². The zero-order valence-electron chi connectivity index (χ0n) is 17.8. The summed E-state index contributed by atoms with van der Waals surface area (Å²) in [6.07, 6.45) is 3.31. The third-order valence-electron chi connectivity index (χ3n) is 5.93. The summed E-state index contributed by atoms with van der Waals surface area (Å²) in [6, 6.07) is 11.9. The lowest BCUT2D eigenvalue weighted by Crippen LogP contribution is -2.42. The molecule has 1 heterocycles. The van der Waals surface area contributed by atoms with Crippen LogP contribution in [0.4, 0.5) is 4.39 Å². The van der Waals surface area contributed by atoms with Crippen LogP contribution >= 0.6 is 0 Å². The lowest BCUT2D eigenvalue weighted by atomic mass is 9.84. The Kier molecular flexibility index (Phi) is 6.39. The van der Waals surface area contributed by atoms with Gasteiger partial charge >= 0.3 is 0 Å². The molecule has 1 aliphatic carbocycles. The number of methoxy groups -OCH3 is 2. The summed E-state index contributed by atoms with van der Waals surface area (Å²) in [6.45, 7) is 0.869. The lowest BCUT2D eigenvalue weighted by Gasteiger charge is -2.32. The Balaban J connectivity index is 1.44. The molecular formula is C24H27FN2O4. The Morgan fingerprint density at radius 3 is 2.52 bits per heavy atom. The highest BCUT2D eigenvalue weighted by molar-refractivity contribution is 6.01. The van der Waals surface area contributed by atoms with Gasteiger partial charge in [0.15, 0.2) is 17.6 Å². The smallest absolute Gasteiger partial charge is 0.226 e. The van der Waals surface area contributed by atoms with Crippen LogP contribution in [0.2, 0.25) is 0 Å². The number of carbonyl (C=O) groups is 1. The molecule has 31 heavy (non-hydrogen) atoms. The number of oxime groups is 1. The average Bonchev–Trinajstić information content (AvgIpc) is 3.21. The third-order valence-corrected chi connectivity index (χ3v) is 5.93. The molecule has 0 spiro atoms. The van der Waals surface area contributed by atoms with Gasteiger partial charge in [-0.1, -0.05) is 23.7 Å². The van der Waals surface area contributed by atoms with E-state index in [-0.39, 0.29) is 23.7 Å². The lowest BCUT2D eigenvalue weighted by molar-refractivity contribution is -0.140. The van der Waals surface area contributed by atoms with Gasteiger partial charge in [-0.3, -0.25) is 4.79 Å². The van der Waals surface area contributed by atoms with Crippen LogP contribution in [0, 0.1) is 11.7 Å². The van der Waals surface area contributed by atoms with Crippen LogP contribution in [0.3, 0.4) is 0 Å². The molecule has 0 bridgehead atoms. The minimum Gasteiger partial charge on any atom is -0.493 e. The topological polar surface area (TPSA) is 60.4 Å². The molecule has 6 nitrogen and oxygen atoms in total. The van der Waals surface area contributed by atoms with E-state index >= 15 is 0 Å². The molecule has 2 aliphatic rings. The van der Waals surface area contributed by atoms with E-state index in [2.05, 4.69) is 5.16 Å². The van der Waals surface area contributed by atoms with Crippen molar-refractivity contribution in [2.24, 2.45) is 11.1 Å². The quantitative estimate of drug-likeness (QED) is 0.636. The molecule has 0 unspecified atom stereocenters. The second kappa shape index (κ2) is 9.37. The van der Waals surface area contributed by atoms with Crippen LogP contribution in [0.15, 0.2) is 47.6 Å². The summed E-state index contributed by atoms with van der Waals surface area (Å²) in [5.41, 5.74) is 2.60. The number of nitrogens with zero attached hydrogens (tertiary/aromatic N) is 2. The van der Waals surface area contributed by atoms with Crippen molar-refractivity contribution in [3.8, 4) is 11.5 Å². The van der Waals surface area contributed by atoms with Crippen molar-refractivity contribution in [1.82, 2.24) is 4.90 Å². The molecule has 0 saturated heterocycles. The van der Waals surface area contributed by atoms with Gasteiger partial charge < -0.3 is 19.2 Å². The van der Waals surface area contributed by atoms with Gasteiger partial charge in [0.1, 0.15) is 5.82 Å². The molecule has 1 aliphatic heterocycles. The van der Waals surface area contributed by atoms with Crippen LogP contribution in [-0.2, 0) is 16.2 Å². The molecule has 7 heteroatoms. The van der Waals surface area contributed by atoms with Gasteiger partial charge in [0.25, 0.3) is 0 Å². The number of hydrogen-bond donors (Lipinski definition) is 0. The van der Waals surface area contributed by atoms with Gasteiger partial charge in [0, 0.05) is 24.4 Å². The molecule has 1 fully saturated rings. The highest BCUT2D eigenvalue weighted by Gasteiger charge is 2.33. The Morgan fingerprint density at radius 2 is 1.87 bits per heavy atom. The number of halogens is 1. The normalized spacial score (nSPS) is 18.0. The number of rotatable bonds is 8. The first-order valence-corrected chi connectivity index (χ1v) is 10.6. The Morgan fingerprint density at radius 1 is 1.13 bits per heavy atom. The van der Waals surface area contributed by atoms with Crippen molar-refractivity contribution in [1.29, 1.82) is 0 Å². The van der Waals surface area contributed by atoms with E-state index in [0.717, 1.165) is 36.1 Å². The van der Waals surface area contributed by atoms with Gasteiger partial charge in [0.2, 0.25) is 5.91 Å². The zero-order valence-corrected chi connectivity index (χ0v) is 17.8. The summed E-state index contributed by atoms with van der Waals surface area (Å²) in [4.78, 5) is 20.5. The van der Waals surface area contributed by atoms with Gasteiger partial charge in [-0.25, -0.2) is 4.39 Å². The van der Waals surface area contributed by atoms with E-state index < -0.39 is 0 Å². The number of amides is 1. The van der Waals surface area contributed by atoms with E-state index in [9.17, 15) is 9.18 Å². The van der Waals surface area contributed by atoms with Crippen molar-refractivity contribution in [2.75, 3.05) is 20.8 Å². The average molecular weight is 426 g/mol. The van der Waals surface area contributed by atoms with Gasteiger partial charge in [-0.05, 0) is 48.7 Å². The zero-order chi connectivity index (χ0) is 21.8. The second-order valence-electron chi connectivity index (χ2n) is 8.01. The predicted molar refractivity (Wildman–Crippen MR) is 115 cm³/mol. The molecule has 0 radical (unpaired) electrons. The van der Waals surface area contributed by atoms with Crippen molar-refractivity contribution >= 4 is 11.6 Å². The number of ether oxygens (including phenoxy) is 2. The predicted octanol–water partition coefficient (Wildman–Crippen LogP) is 4.16. The minimum absolute atomic E-state index is 0.0769. The first-order chi connectivity index (χ1) is 15.1. The molecule has 2 aromatic carbocycles. The Bertz CT molecular complexity index is 957.